The van der Waals surface area contributed by atoms with E-state index in [0.717, 1.165) is 36.3 Å². The number of benzene rings is 1. The fraction of sp³-hybridized carbons (Fsp3) is 0.730. The van der Waals surface area contributed by atoms with Gasteiger partial charge in [-0.3, -0.25) is 0 Å². The molecule has 2 rings (SSSR count). The Kier molecular flexibility index (Phi) is 19.1. The second-order valence-corrected chi connectivity index (χ2v) is 28.5. The molecule has 0 unspecified atom stereocenters. The molecule has 3 amide bonds. The third-order valence-electron chi connectivity index (χ3n) is 11.6. The van der Waals surface area contributed by atoms with E-state index in [1.807, 2.05) is 20.8 Å². The van der Waals surface area contributed by atoms with Crippen molar-refractivity contribution in [2.45, 2.75) is 160 Å². The van der Waals surface area contributed by atoms with Crippen molar-refractivity contribution in [2.24, 2.45) is 0 Å². The number of anilines is 1. The maximum Gasteiger partial charge on any atom is 0.416 e. The van der Waals surface area contributed by atoms with Crippen LogP contribution in [0.25, 0.3) is 0 Å². The second kappa shape index (κ2) is 21.5. The normalized spacial score (nSPS) is 21.0. The summed E-state index contributed by atoms with van der Waals surface area (Å²) in [5.74, 6) is 0. The minimum absolute atomic E-state index is 0.0291. The topological polar surface area (TPSA) is 116 Å². The Hall–Kier alpha value is -2.43. The van der Waals surface area contributed by atoms with Crippen molar-refractivity contribution < 1.29 is 58.7 Å². The lowest BCUT2D eigenvalue weighted by Crippen LogP contribution is -2.72. The van der Waals surface area contributed by atoms with Gasteiger partial charge in [-0.15, -0.1) is 0 Å². The number of alkyl halides is 6. The summed E-state index contributed by atoms with van der Waals surface area (Å²) in [6.07, 6.45) is -13.8. The predicted octanol–water partition coefficient (Wildman–Crippen LogP) is 10.7. The zero-order valence-electron chi connectivity index (χ0n) is 34.3. The SMILES string of the molecule is C=CCOC(=O)N[C@@H]1[C@@H](O[Si](CC)(CC)CC)[C@H](O[Si](CC)(CC)CC)[C@@H](CO[Si](CC)(CC)CC)O[C@H]1NC(=O)Nc1cc(C(F)(F)F)cc(C(F)(F)F)c1. The largest absolute Gasteiger partial charge is 0.445 e. The third-order valence-corrected chi connectivity index (χ3v) is 25.5. The standard InChI is InChI=1S/C37H63F6N3O7Si3/c1-11-21-49-35(48)45-30-32(53-56(18-8,19-9)20-10)31(52-55(15-5,16-6)17-7)29(25-50-54(12-2,13-3)14-4)51-33(30)46-34(47)44-28-23-26(36(38,39)40)22-27(24-28)37(41,42)43/h11,22-24,29-33H,1,12-21,25H2,2-10H3,(H,45,48)(H2,44,46,47)/t29-,30-,31-,32-,33-/m1/s1. The molecule has 322 valence electrons. The number of hydrogen-bond donors (Lipinski definition) is 3. The van der Waals surface area contributed by atoms with Gasteiger partial charge in [0.05, 0.1) is 23.8 Å². The Bertz CT molecular complexity index is 1360. The van der Waals surface area contributed by atoms with Crippen LogP contribution in [0.15, 0.2) is 30.9 Å². The summed E-state index contributed by atoms with van der Waals surface area (Å²) in [7, 11) is -7.27. The van der Waals surface area contributed by atoms with Crippen molar-refractivity contribution in [3.05, 3.63) is 42.0 Å². The van der Waals surface area contributed by atoms with Gasteiger partial charge in [0.15, 0.2) is 31.2 Å². The second-order valence-electron chi connectivity index (χ2n) is 14.3. The van der Waals surface area contributed by atoms with Gasteiger partial charge in [-0.05, 0) is 72.6 Å². The molecule has 10 nitrogen and oxygen atoms in total. The van der Waals surface area contributed by atoms with Crippen LogP contribution in [-0.2, 0) is 35.1 Å². The van der Waals surface area contributed by atoms with E-state index in [-0.39, 0.29) is 19.3 Å². The first kappa shape index (κ1) is 49.7. The van der Waals surface area contributed by atoms with Crippen LogP contribution in [0.4, 0.5) is 41.6 Å². The number of hydrogen-bond acceptors (Lipinski definition) is 7. The summed E-state index contributed by atoms with van der Waals surface area (Å²) in [6.45, 7) is 22.1. The molecule has 1 fully saturated rings. The van der Waals surface area contributed by atoms with Crippen LogP contribution in [0.1, 0.15) is 73.4 Å². The summed E-state index contributed by atoms with van der Waals surface area (Å²) in [6, 6.07) is 5.34. The van der Waals surface area contributed by atoms with E-state index in [1.165, 1.54) is 6.08 Å². The molecule has 1 heterocycles. The summed E-state index contributed by atoms with van der Waals surface area (Å²) in [5.41, 5.74) is -3.96. The number of carbonyl (C=O) groups excluding carboxylic acids is 2. The molecule has 3 N–H and O–H groups in total. The molecule has 1 aliphatic heterocycles. The van der Waals surface area contributed by atoms with E-state index in [0.29, 0.717) is 30.3 Å². The highest BCUT2D eigenvalue weighted by molar-refractivity contribution is 6.74. The van der Waals surface area contributed by atoms with Crippen LogP contribution >= 0.6 is 0 Å². The molecule has 0 saturated carbocycles. The third kappa shape index (κ3) is 13.0. The predicted molar refractivity (Wildman–Crippen MR) is 213 cm³/mol. The fourth-order valence-corrected chi connectivity index (χ4v) is 15.5. The Morgan fingerprint density at radius 2 is 1.16 bits per heavy atom. The van der Waals surface area contributed by atoms with E-state index in [2.05, 4.69) is 64.1 Å². The molecular formula is C37H63F6N3O7Si3. The van der Waals surface area contributed by atoms with Crippen LogP contribution in [0.3, 0.4) is 0 Å². The van der Waals surface area contributed by atoms with Crippen molar-refractivity contribution in [3.8, 4) is 0 Å². The highest BCUT2D eigenvalue weighted by Crippen LogP contribution is 2.39. The number of carbonyl (C=O) groups is 2. The van der Waals surface area contributed by atoms with E-state index in [4.69, 9.17) is 22.8 Å². The highest BCUT2D eigenvalue weighted by atomic mass is 28.4. The van der Waals surface area contributed by atoms with E-state index >= 15 is 0 Å². The number of alkyl carbamates (subject to hydrolysis) is 1. The fourth-order valence-electron chi connectivity index (χ4n) is 7.17. The maximum absolute atomic E-state index is 13.7. The highest BCUT2D eigenvalue weighted by Gasteiger charge is 2.54. The molecular weight excluding hydrogens is 797 g/mol. The van der Waals surface area contributed by atoms with Crippen LogP contribution < -0.4 is 16.0 Å². The number of nitrogens with one attached hydrogen (secondary N) is 3. The van der Waals surface area contributed by atoms with Crippen LogP contribution in [0.5, 0.6) is 0 Å². The molecule has 0 aliphatic carbocycles. The van der Waals surface area contributed by atoms with Gasteiger partial charge in [0.2, 0.25) is 0 Å². The molecule has 0 aromatic heterocycles. The van der Waals surface area contributed by atoms with E-state index < -0.39 is 96.8 Å². The summed E-state index contributed by atoms with van der Waals surface area (Å²) in [4.78, 5) is 27.0. The molecule has 56 heavy (non-hydrogen) atoms. The lowest BCUT2D eigenvalue weighted by molar-refractivity contribution is -0.187. The average molecular weight is 860 g/mol. The van der Waals surface area contributed by atoms with Gasteiger partial charge in [-0.25, -0.2) is 9.59 Å². The summed E-state index contributed by atoms with van der Waals surface area (Å²) in [5, 5.41) is 7.51. The van der Waals surface area contributed by atoms with Gasteiger partial charge in [-0.2, -0.15) is 26.3 Å². The number of ether oxygens (including phenoxy) is 2. The van der Waals surface area contributed by atoms with Gasteiger partial charge >= 0.3 is 24.5 Å². The number of urea groups is 1. The lowest BCUT2D eigenvalue weighted by Gasteiger charge is -2.51. The molecule has 19 heteroatoms. The zero-order valence-corrected chi connectivity index (χ0v) is 37.3. The van der Waals surface area contributed by atoms with Crippen molar-refractivity contribution in [1.82, 2.24) is 10.6 Å². The van der Waals surface area contributed by atoms with Gasteiger partial charge in [-0.1, -0.05) is 75.0 Å². The quantitative estimate of drug-likeness (QED) is 0.0640. The van der Waals surface area contributed by atoms with Crippen molar-refractivity contribution in [3.63, 3.8) is 0 Å². The van der Waals surface area contributed by atoms with Crippen LogP contribution in [-0.4, -0.2) is 80.9 Å². The van der Waals surface area contributed by atoms with E-state index in [1.54, 1.807) is 0 Å². The minimum atomic E-state index is -5.13. The molecule has 1 aromatic rings. The Morgan fingerprint density at radius 1 is 0.714 bits per heavy atom. The van der Waals surface area contributed by atoms with Gasteiger partial charge in [0, 0.05) is 5.69 Å². The average Bonchev–Trinajstić information content (AvgIpc) is 3.17. The van der Waals surface area contributed by atoms with Crippen molar-refractivity contribution in [1.29, 1.82) is 0 Å². The monoisotopic (exact) mass is 859 g/mol. The van der Waals surface area contributed by atoms with Crippen LogP contribution in [0.2, 0.25) is 54.4 Å². The first-order valence-corrected chi connectivity index (χ1v) is 27.4. The van der Waals surface area contributed by atoms with Gasteiger partial charge in [0.1, 0.15) is 24.9 Å². The first-order chi connectivity index (χ1) is 26.2. The first-order valence-electron chi connectivity index (χ1n) is 19.8. The minimum Gasteiger partial charge on any atom is -0.445 e. The van der Waals surface area contributed by atoms with Crippen molar-refractivity contribution >= 4 is 42.8 Å². The molecule has 1 aromatic carbocycles. The molecule has 0 bridgehead atoms. The molecule has 1 saturated heterocycles. The maximum atomic E-state index is 13.7. The van der Waals surface area contributed by atoms with Gasteiger partial charge in [0.25, 0.3) is 0 Å². The Morgan fingerprint density at radius 3 is 1.57 bits per heavy atom. The number of amides is 3. The van der Waals surface area contributed by atoms with Gasteiger partial charge < -0.3 is 38.7 Å². The summed E-state index contributed by atoms with van der Waals surface area (Å²) < 4.78 is 115. The molecule has 5 atom stereocenters. The van der Waals surface area contributed by atoms with Crippen LogP contribution in [0, 0.1) is 0 Å². The molecule has 1 aliphatic rings. The zero-order chi connectivity index (χ0) is 42.5. The summed E-state index contributed by atoms with van der Waals surface area (Å²) >= 11 is 0. The smallest absolute Gasteiger partial charge is 0.416 e. The van der Waals surface area contributed by atoms with Crippen molar-refractivity contribution in [2.75, 3.05) is 18.5 Å². The molecule has 0 radical (unpaired) electrons. The lowest BCUT2D eigenvalue weighted by atomic mass is 9.96. The van der Waals surface area contributed by atoms with E-state index in [9.17, 15) is 35.9 Å². The Balaban J connectivity index is 2.83. The number of halogens is 6. The molecule has 0 spiro atoms. The number of rotatable bonds is 21. The Labute approximate surface area is 331 Å².